The predicted molar refractivity (Wildman–Crippen MR) is 112 cm³/mol. The lowest BCUT2D eigenvalue weighted by Gasteiger charge is -2.33. The molecule has 7 heteroatoms. The molecule has 2 aliphatic carbocycles. The van der Waals surface area contributed by atoms with Crippen molar-refractivity contribution in [1.82, 2.24) is 4.98 Å². The number of hydrogen-bond acceptors (Lipinski definition) is 6. The number of aromatic nitrogens is 1. The maximum atomic E-state index is 12.3. The molecule has 1 aromatic rings. The van der Waals surface area contributed by atoms with E-state index in [4.69, 9.17) is 5.11 Å². The van der Waals surface area contributed by atoms with Gasteiger partial charge in [0, 0.05) is 23.5 Å². The van der Waals surface area contributed by atoms with E-state index in [2.05, 4.69) is 17.1 Å². The van der Waals surface area contributed by atoms with E-state index in [0.717, 1.165) is 29.4 Å². The van der Waals surface area contributed by atoms with Gasteiger partial charge in [-0.05, 0) is 44.4 Å². The van der Waals surface area contributed by atoms with Crippen molar-refractivity contribution in [3.63, 3.8) is 0 Å². The number of thiazole rings is 1. The van der Waals surface area contributed by atoms with Crippen LogP contribution in [-0.4, -0.2) is 38.3 Å². The molecule has 0 radical (unpaired) electrons. The summed E-state index contributed by atoms with van der Waals surface area (Å²) in [6.07, 6.45) is 11.8. The summed E-state index contributed by atoms with van der Waals surface area (Å²) < 4.78 is 0.738. The van der Waals surface area contributed by atoms with Crippen molar-refractivity contribution in [2.45, 2.75) is 68.2 Å². The van der Waals surface area contributed by atoms with Crippen LogP contribution in [0.5, 0.6) is 0 Å². The fourth-order valence-electron chi connectivity index (χ4n) is 4.13. The molecule has 2 N–H and O–H groups in total. The van der Waals surface area contributed by atoms with Crippen LogP contribution in [0, 0.1) is 17.8 Å². The molecule has 5 nitrogen and oxygen atoms in total. The molecule has 1 unspecified atom stereocenters. The molecular weight excluding hydrogens is 394 g/mol. The van der Waals surface area contributed by atoms with Crippen LogP contribution in [0.15, 0.2) is 21.9 Å². The van der Waals surface area contributed by atoms with Crippen molar-refractivity contribution in [2.24, 2.45) is 17.8 Å². The Morgan fingerprint density at radius 1 is 1.43 bits per heavy atom. The van der Waals surface area contributed by atoms with E-state index in [1.54, 1.807) is 5.38 Å². The number of ketones is 1. The molecule has 1 aromatic heterocycles. The third kappa shape index (κ3) is 5.91. The zero-order valence-corrected chi connectivity index (χ0v) is 17.9. The molecule has 154 valence electrons. The van der Waals surface area contributed by atoms with Crippen molar-refractivity contribution in [2.75, 3.05) is 5.75 Å². The molecule has 2 saturated carbocycles. The van der Waals surface area contributed by atoms with Gasteiger partial charge in [-0.3, -0.25) is 4.79 Å². The quantitative estimate of drug-likeness (QED) is 0.415. The number of aromatic carboxylic acids is 1. The lowest BCUT2D eigenvalue weighted by Crippen LogP contribution is -2.29. The van der Waals surface area contributed by atoms with Gasteiger partial charge in [0.2, 0.25) is 0 Å². The topological polar surface area (TPSA) is 87.5 Å². The summed E-state index contributed by atoms with van der Waals surface area (Å²) in [4.78, 5) is 27.3. The number of aliphatic hydroxyl groups is 1. The summed E-state index contributed by atoms with van der Waals surface area (Å²) in [6.45, 7) is 1.92. The van der Waals surface area contributed by atoms with Gasteiger partial charge < -0.3 is 10.2 Å². The summed E-state index contributed by atoms with van der Waals surface area (Å²) in [6, 6.07) is 0. The molecule has 2 aliphatic rings. The molecule has 0 spiro atoms. The number of rotatable bonds is 10. The molecule has 3 atom stereocenters. The first kappa shape index (κ1) is 21.5. The van der Waals surface area contributed by atoms with Crippen LogP contribution in [0.1, 0.15) is 68.8 Å². The van der Waals surface area contributed by atoms with Crippen LogP contribution in [0.3, 0.4) is 0 Å². The Labute approximate surface area is 174 Å². The molecule has 3 rings (SSSR count). The first-order valence-electron chi connectivity index (χ1n) is 10.1. The maximum Gasteiger partial charge on any atom is 0.355 e. The van der Waals surface area contributed by atoms with Gasteiger partial charge in [-0.25, -0.2) is 9.78 Å². The number of carboxylic acid groups (broad SMARTS) is 1. The van der Waals surface area contributed by atoms with Crippen molar-refractivity contribution in [3.8, 4) is 0 Å². The van der Waals surface area contributed by atoms with E-state index in [9.17, 15) is 14.7 Å². The van der Waals surface area contributed by atoms with Crippen molar-refractivity contribution < 1.29 is 19.8 Å². The van der Waals surface area contributed by atoms with Crippen LogP contribution in [0.25, 0.3) is 0 Å². The fourth-order valence-corrected chi connectivity index (χ4v) is 6.03. The average Bonchev–Trinajstić information content (AvgIpc) is 3.20. The van der Waals surface area contributed by atoms with Gasteiger partial charge in [-0.2, -0.15) is 0 Å². The van der Waals surface area contributed by atoms with Gasteiger partial charge in [-0.1, -0.05) is 43.2 Å². The van der Waals surface area contributed by atoms with Crippen molar-refractivity contribution in [3.05, 3.63) is 23.2 Å². The highest BCUT2D eigenvalue weighted by Crippen LogP contribution is 2.37. The van der Waals surface area contributed by atoms with Crippen LogP contribution >= 0.6 is 23.1 Å². The van der Waals surface area contributed by atoms with Crippen LogP contribution in [0.4, 0.5) is 0 Å². The lowest BCUT2D eigenvalue weighted by atomic mass is 9.77. The van der Waals surface area contributed by atoms with Crippen LogP contribution < -0.4 is 0 Å². The van der Waals surface area contributed by atoms with E-state index in [1.807, 2.05) is 6.92 Å². The lowest BCUT2D eigenvalue weighted by molar-refractivity contribution is -0.121. The average molecular weight is 424 g/mol. The monoisotopic (exact) mass is 423 g/mol. The molecule has 0 aromatic carbocycles. The molecule has 0 saturated heterocycles. The number of thioether (sulfide) groups is 1. The Morgan fingerprint density at radius 2 is 2.21 bits per heavy atom. The Bertz CT molecular complexity index is 724. The normalized spacial score (nSPS) is 25.1. The van der Waals surface area contributed by atoms with Gasteiger partial charge in [0.05, 0.1) is 5.60 Å². The van der Waals surface area contributed by atoms with Gasteiger partial charge in [0.15, 0.2) is 10.0 Å². The number of carboxylic acids is 1. The summed E-state index contributed by atoms with van der Waals surface area (Å²) in [7, 11) is 0. The predicted octanol–water partition coefficient (Wildman–Crippen LogP) is 4.81. The second kappa shape index (κ2) is 9.55. The molecule has 0 aliphatic heterocycles. The number of carbonyl (C=O) groups excluding carboxylic acids is 1. The molecule has 2 fully saturated rings. The first-order valence-corrected chi connectivity index (χ1v) is 11.9. The largest absolute Gasteiger partial charge is 0.476 e. The van der Waals surface area contributed by atoms with Gasteiger partial charge in [-0.15, -0.1) is 11.3 Å². The first-order chi connectivity index (χ1) is 13.3. The van der Waals surface area contributed by atoms with E-state index in [1.165, 1.54) is 42.4 Å². The summed E-state index contributed by atoms with van der Waals surface area (Å²) in [5, 5.41) is 21.1. The fraction of sp³-hybridized carbons (Fsp3) is 0.667. The van der Waals surface area contributed by atoms with Gasteiger partial charge in [0.1, 0.15) is 5.78 Å². The third-order valence-electron chi connectivity index (χ3n) is 5.91. The van der Waals surface area contributed by atoms with Gasteiger partial charge >= 0.3 is 5.97 Å². The van der Waals surface area contributed by atoms with Crippen molar-refractivity contribution in [1.29, 1.82) is 0 Å². The molecule has 28 heavy (non-hydrogen) atoms. The molecule has 0 bridgehead atoms. The summed E-state index contributed by atoms with van der Waals surface area (Å²) in [5.41, 5.74) is -0.568. The van der Waals surface area contributed by atoms with E-state index in [-0.39, 0.29) is 17.5 Å². The second-order valence-electron chi connectivity index (χ2n) is 8.35. The zero-order chi connectivity index (χ0) is 20.1. The Morgan fingerprint density at radius 3 is 2.86 bits per heavy atom. The van der Waals surface area contributed by atoms with E-state index in [0.29, 0.717) is 24.5 Å². The smallest absolute Gasteiger partial charge is 0.355 e. The SMILES string of the molecule is CC(O)(CC=C[C@H]1CCC(=O)[C@@H]1CCSc1nc(C(=O)O)cs1)CC1CCC1. The van der Waals surface area contributed by atoms with Crippen LogP contribution in [0.2, 0.25) is 0 Å². The molecule has 0 amide bonds. The number of hydrogen-bond donors (Lipinski definition) is 2. The number of allylic oxidation sites excluding steroid dienone is 1. The number of Topliss-reactive ketones (excluding diaryl/α,β-unsaturated/α-hetero) is 1. The Hall–Kier alpha value is -1.18. The third-order valence-corrected chi connectivity index (χ3v) is 7.96. The zero-order valence-electron chi connectivity index (χ0n) is 16.3. The highest BCUT2D eigenvalue weighted by molar-refractivity contribution is 8.01. The molecular formula is C21H29NO4S2. The number of carbonyl (C=O) groups is 2. The summed E-state index contributed by atoms with van der Waals surface area (Å²) >= 11 is 2.86. The van der Waals surface area contributed by atoms with Gasteiger partial charge in [0.25, 0.3) is 0 Å². The summed E-state index contributed by atoms with van der Waals surface area (Å²) in [5.74, 6) is 1.02. The number of nitrogens with zero attached hydrogens (tertiary/aromatic N) is 1. The van der Waals surface area contributed by atoms with E-state index < -0.39 is 11.6 Å². The minimum absolute atomic E-state index is 0.0271. The highest BCUT2D eigenvalue weighted by Gasteiger charge is 2.33. The van der Waals surface area contributed by atoms with Crippen LogP contribution in [-0.2, 0) is 4.79 Å². The minimum atomic E-state index is -1.01. The second-order valence-corrected chi connectivity index (χ2v) is 10.5. The standard InChI is InChI=1S/C21H29NO4S2/c1-21(26,12-14-4-2-5-14)10-3-6-15-7-8-18(23)16(15)9-11-27-20-22-17(13-28-20)19(24)25/h3,6,13-16,26H,2,4-5,7-12H2,1H3,(H,24,25)/t15-,16+,21?/m0/s1. The van der Waals surface area contributed by atoms with E-state index >= 15 is 0 Å². The Kier molecular flexibility index (Phi) is 7.34. The van der Waals surface area contributed by atoms with Crippen molar-refractivity contribution >= 4 is 34.9 Å². The Balaban J connectivity index is 1.46. The maximum absolute atomic E-state index is 12.3. The molecule has 1 heterocycles. The highest BCUT2D eigenvalue weighted by atomic mass is 32.2. The minimum Gasteiger partial charge on any atom is -0.476 e.